The van der Waals surface area contributed by atoms with E-state index in [0.717, 1.165) is 6.42 Å². The lowest BCUT2D eigenvalue weighted by Gasteiger charge is -2.12. The summed E-state index contributed by atoms with van der Waals surface area (Å²) in [6.07, 6.45) is 3.96. The van der Waals surface area contributed by atoms with Gasteiger partial charge in [-0.2, -0.15) is 0 Å². The second kappa shape index (κ2) is 7.00. The maximum absolute atomic E-state index is 10.5. The van der Waals surface area contributed by atoms with E-state index in [4.69, 9.17) is 5.11 Å². The summed E-state index contributed by atoms with van der Waals surface area (Å²) in [6.45, 7) is 6.42. The van der Waals surface area contributed by atoms with E-state index in [1.807, 2.05) is 0 Å². The second-order valence-electron chi connectivity index (χ2n) is 4.97. The van der Waals surface area contributed by atoms with Crippen molar-refractivity contribution in [1.82, 2.24) is 0 Å². The van der Waals surface area contributed by atoms with Crippen molar-refractivity contribution >= 4 is 11.5 Å². The zero-order chi connectivity index (χ0) is 13.5. The number of aliphatic carboxylic acids is 1. The van der Waals surface area contributed by atoms with Gasteiger partial charge >= 0.3 is 5.97 Å². The van der Waals surface area contributed by atoms with Crippen LogP contribution < -0.4 is 0 Å². The molecule has 0 atom stereocenters. The van der Waals surface area contributed by atoms with Crippen LogP contribution in [0.1, 0.15) is 44.2 Å². The van der Waals surface area contributed by atoms with Gasteiger partial charge in [-0.15, -0.1) is 0 Å². The maximum atomic E-state index is 10.5. The van der Waals surface area contributed by atoms with Crippen LogP contribution in [0.2, 0.25) is 0 Å². The predicted octanol–water partition coefficient (Wildman–Crippen LogP) is 4.29. The van der Waals surface area contributed by atoms with Gasteiger partial charge in [0, 0.05) is 6.42 Å². The second-order valence-corrected chi connectivity index (χ2v) is 4.97. The summed E-state index contributed by atoms with van der Waals surface area (Å²) in [4.78, 5) is 10.5. The first-order valence-corrected chi connectivity index (χ1v) is 6.49. The Morgan fingerprint density at radius 2 is 1.89 bits per heavy atom. The highest BCUT2D eigenvalue weighted by Crippen LogP contribution is 2.24. The van der Waals surface area contributed by atoms with Crippen molar-refractivity contribution in [2.24, 2.45) is 5.92 Å². The van der Waals surface area contributed by atoms with Crippen LogP contribution in [0.15, 0.2) is 30.3 Å². The molecule has 2 nitrogen and oxygen atoms in total. The molecule has 0 aromatic heterocycles. The molecule has 1 N–H and O–H groups in total. The molecule has 2 heteroatoms. The molecule has 0 aliphatic heterocycles. The molecule has 0 unspecified atom stereocenters. The number of carboxylic acid groups (broad SMARTS) is 1. The van der Waals surface area contributed by atoms with Crippen molar-refractivity contribution in [1.29, 1.82) is 0 Å². The topological polar surface area (TPSA) is 37.3 Å². The third-order valence-corrected chi connectivity index (χ3v) is 2.97. The first-order valence-electron chi connectivity index (χ1n) is 6.49. The number of benzene rings is 1. The first-order chi connectivity index (χ1) is 8.50. The lowest BCUT2D eigenvalue weighted by molar-refractivity contribution is -0.137. The Hall–Kier alpha value is -1.57. The molecule has 0 heterocycles. The summed E-state index contributed by atoms with van der Waals surface area (Å²) in [7, 11) is 0. The van der Waals surface area contributed by atoms with E-state index in [1.54, 1.807) is 0 Å². The molecule has 1 aromatic carbocycles. The molecule has 0 fully saturated rings. The van der Waals surface area contributed by atoms with Crippen LogP contribution in [-0.4, -0.2) is 11.1 Å². The minimum absolute atomic E-state index is 0.246. The van der Waals surface area contributed by atoms with Gasteiger partial charge in [-0.05, 0) is 36.8 Å². The van der Waals surface area contributed by atoms with E-state index in [-0.39, 0.29) is 6.42 Å². The minimum Gasteiger partial charge on any atom is -0.481 e. The van der Waals surface area contributed by atoms with Crippen molar-refractivity contribution in [3.8, 4) is 0 Å². The van der Waals surface area contributed by atoms with Gasteiger partial charge in [0.15, 0.2) is 0 Å². The van der Waals surface area contributed by atoms with E-state index >= 15 is 0 Å². The number of allylic oxidation sites excluding steroid dienone is 2. The van der Waals surface area contributed by atoms with Gasteiger partial charge in [0.2, 0.25) is 0 Å². The van der Waals surface area contributed by atoms with Crippen LogP contribution in [0.4, 0.5) is 0 Å². The highest BCUT2D eigenvalue weighted by Gasteiger charge is 2.06. The molecule has 0 aliphatic rings. The van der Waals surface area contributed by atoms with Crippen molar-refractivity contribution < 1.29 is 9.90 Å². The number of carboxylic acids is 1. The molecule has 0 saturated heterocycles. The molecule has 0 aliphatic carbocycles. The van der Waals surface area contributed by atoms with Crippen molar-refractivity contribution in [3.05, 3.63) is 41.5 Å². The lowest BCUT2D eigenvalue weighted by atomic mass is 9.93. The summed E-state index contributed by atoms with van der Waals surface area (Å²) >= 11 is 0. The molecule has 0 amide bonds. The molecule has 0 bridgehead atoms. The number of hydrogen-bond donors (Lipinski definition) is 1. The largest absolute Gasteiger partial charge is 0.481 e. The van der Waals surface area contributed by atoms with Gasteiger partial charge in [0.05, 0.1) is 0 Å². The predicted molar refractivity (Wildman–Crippen MR) is 75.5 cm³/mol. The fourth-order valence-corrected chi connectivity index (χ4v) is 1.94. The smallest absolute Gasteiger partial charge is 0.303 e. The zero-order valence-electron chi connectivity index (χ0n) is 11.4. The highest BCUT2D eigenvalue weighted by atomic mass is 16.4. The molecule has 18 heavy (non-hydrogen) atoms. The maximum Gasteiger partial charge on any atom is 0.303 e. The number of aryl methyl sites for hydroxylation is 1. The van der Waals surface area contributed by atoms with Crippen LogP contribution in [0.3, 0.4) is 0 Å². The monoisotopic (exact) mass is 246 g/mol. The van der Waals surface area contributed by atoms with E-state index in [0.29, 0.717) is 12.3 Å². The molecule has 1 aromatic rings. The zero-order valence-corrected chi connectivity index (χ0v) is 11.4. The Balaban J connectivity index is 2.73. The summed E-state index contributed by atoms with van der Waals surface area (Å²) < 4.78 is 0. The highest BCUT2D eigenvalue weighted by molar-refractivity contribution is 5.68. The first kappa shape index (κ1) is 14.5. The van der Waals surface area contributed by atoms with Gasteiger partial charge < -0.3 is 5.11 Å². The molecule has 0 saturated carbocycles. The van der Waals surface area contributed by atoms with Gasteiger partial charge in [0.25, 0.3) is 0 Å². The Bertz CT molecular complexity index is 413. The molecule has 98 valence electrons. The van der Waals surface area contributed by atoms with Crippen LogP contribution in [-0.2, 0) is 4.79 Å². The number of unbranched alkanes of at least 4 members (excludes halogenated alkanes) is 1. The Morgan fingerprint density at radius 3 is 2.39 bits per heavy atom. The molecule has 1 rings (SSSR count). The molecule has 0 spiro atoms. The summed E-state index contributed by atoms with van der Waals surface area (Å²) in [5.74, 6) is -0.262. The van der Waals surface area contributed by atoms with Gasteiger partial charge in [-0.25, -0.2) is 0 Å². The van der Waals surface area contributed by atoms with Crippen LogP contribution >= 0.6 is 0 Å². The summed E-state index contributed by atoms with van der Waals surface area (Å²) in [5.41, 5.74) is 3.80. The van der Waals surface area contributed by atoms with E-state index in [9.17, 15) is 4.79 Å². The van der Waals surface area contributed by atoms with Crippen LogP contribution in [0.5, 0.6) is 0 Å². The lowest BCUT2D eigenvalue weighted by Crippen LogP contribution is -1.96. The van der Waals surface area contributed by atoms with E-state index < -0.39 is 5.97 Å². The van der Waals surface area contributed by atoms with Gasteiger partial charge in [0.1, 0.15) is 0 Å². The van der Waals surface area contributed by atoms with Crippen molar-refractivity contribution in [2.45, 2.75) is 40.0 Å². The average Bonchev–Trinajstić information content (AvgIpc) is 2.30. The quantitative estimate of drug-likeness (QED) is 0.760. The van der Waals surface area contributed by atoms with E-state index in [1.165, 1.54) is 16.7 Å². The van der Waals surface area contributed by atoms with Crippen molar-refractivity contribution in [3.63, 3.8) is 0 Å². The number of hydrogen-bond acceptors (Lipinski definition) is 1. The van der Waals surface area contributed by atoms with Crippen molar-refractivity contribution in [2.75, 3.05) is 0 Å². The summed E-state index contributed by atoms with van der Waals surface area (Å²) in [5, 5.41) is 8.61. The Labute approximate surface area is 109 Å². The fourth-order valence-electron chi connectivity index (χ4n) is 1.94. The molecule has 0 radical (unpaired) electrons. The average molecular weight is 246 g/mol. The number of rotatable bonds is 6. The Morgan fingerprint density at radius 1 is 1.28 bits per heavy atom. The normalized spacial score (nSPS) is 11.9. The van der Waals surface area contributed by atoms with E-state index in [2.05, 4.69) is 51.1 Å². The van der Waals surface area contributed by atoms with Gasteiger partial charge in [-0.1, -0.05) is 49.8 Å². The fraction of sp³-hybridized carbons (Fsp3) is 0.438. The SMILES string of the molecule is Cc1ccc(/C(=C/CCCC(=O)O)C(C)C)cc1. The summed E-state index contributed by atoms with van der Waals surface area (Å²) in [6, 6.07) is 8.50. The third-order valence-electron chi connectivity index (χ3n) is 2.97. The standard InChI is InChI=1S/C16H22O2/c1-12(2)15(6-4-5-7-16(17)18)14-10-8-13(3)9-11-14/h6,8-12H,4-5,7H2,1-3H3,(H,17,18)/b15-6+. The molecular formula is C16H22O2. The van der Waals surface area contributed by atoms with Gasteiger partial charge in [-0.3, -0.25) is 4.79 Å². The Kier molecular flexibility index (Phi) is 5.63. The van der Waals surface area contributed by atoms with Crippen LogP contribution in [0, 0.1) is 12.8 Å². The third kappa shape index (κ3) is 4.74. The molecular weight excluding hydrogens is 224 g/mol. The van der Waals surface area contributed by atoms with Crippen LogP contribution in [0.25, 0.3) is 5.57 Å². The minimum atomic E-state index is -0.718. The number of carbonyl (C=O) groups is 1.